The number of aromatic amines is 1. The lowest BCUT2D eigenvalue weighted by molar-refractivity contribution is -0.150. The van der Waals surface area contributed by atoms with E-state index in [1.54, 1.807) is 0 Å². The van der Waals surface area contributed by atoms with Crippen molar-refractivity contribution in [3.63, 3.8) is 0 Å². The number of hydrogen-bond acceptors (Lipinski definition) is 11. The quantitative estimate of drug-likeness (QED) is 0.162. The van der Waals surface area contributed by atoms with E-state index in [2.05, 4.69) is 25.9 Å². The van der Waals surface area contributed by atoms with E-state index >= 15 is 0 Å². The van der Waals surface area contributed by atoms with Crippen molar-refractivity contribution in [3.05, 3.63) is 11.3 Å². The Morgan fingerprint density at radius 2 is 1.93 bits per heavy atom. The molecule has 3 atom stereocenters. The largest absolute Gasteiger partial charge is 0.477 e. The van der Waals surface area contributed by atoms with Gasteiger partial charge in [-0.25, -0.2) is 22.6 Å². The summed E-state index contributed by atoms with van der Waals surface area (Å²) in [5, 5.41) is 24.4. The predicted octanol–water partition coefficient (Wildman–Crippen LogP) is 2.27. The number of alkyl halides is 3. The first kappa shape index (κ1) is 34.5. The molecule has 0 radical (unpaired) electrons. The van der Waals surface area contributed by atoms with Crippen molar-refractivity contribution in [1.82, 2.24) is 35.1 Å². The maximum Gasteiger partial charge on any atom is 0.442 e. The van der Waals surface area contributed by atoms with Crippen LogP contribution in [0, 0.1) is 0 Å². The summed E-state index contributed by atoms with van der Waals surface area (Å²) in [5.74, 6) is -4.38. The van der Waals surface area contributed by atoms with Crippen LogP contribution in [-0.2, 0) is 24.4 Å². The highest BCUT2D eigenvalue weighted by Gasteiger charge is 2.55. The number of aliphatic carboxylic acids is 1. The molecule has 13 nitrogen and oxygen atoms in total. The number of H-pyrrole nitrogens is 1. The van der Waals surface area contributed by atoms with Crippen LogP contribution < -0.4 is 5.32 Å². The summed E-state index contributed by atoms with van der Waals surface area (Å²) < 4.78 is 65.5. The van der Waals surface area contributed by atoms with Crippen molar-refractivity contribution >= 4 is 63.1 Å². The fourth-order valence-electron chi connectivity index (χ4n) is 4.34. The number of carboxylic acids is 1. The number of unbranched alkanes of at least 4 members (excludes halogenated alkanes) is 2. The number of aromatic nitrogens is 4. The minimum absolute atomic E-state index is 0.00332. The number of sulfonamides is 1. The average Bonchev–Trinajstić information content (AvgIpc) is 3.44. The summed E-state index contributed by atoms with van der Waals surface area (Å²) >= 11 is 1.62. The number of halogens is 3. The summed E-state index contributed by atoms with van der Waals surface area (Å²) in [4.78, 5) is 38.4. The van der Waals surface area contributed by atoms with E-state index in [0.717, 1.165) is 41.3 Å². The smallest absolute Gasteiger partial charge is 0.442 e. The maximum atomic E-state index is 13.3. The molecule has 0 bridgehead atoms. The van der Waals surface area contributed by atoms with Gasteiger partial charge in [0.05, 0.1) is 11.5 Å². The fraction of sp³-hybridized carbons (Fsp3) is 0.727. The summed E-state index contributed by atoms with van der Waals surface area (Å²) in [6, 6.07) is -1.19. The van der Waals surface area contributed by atoms with Crippen LogP contribution in [0.4, 0.5) is 13.2 Å². The lowest BCUT2D eigenvalue weighted by atomic mass is 10.0. The number of β-lactam (4-membered cyclic amide) rings is 1. The molecule has 2 unspecified atom stereocenters. The van der Waals surface area contributed by atoms with Crippen LogP contribution in [0.15, 0.2) is 16.4 Å². The van der Waals surface area contributed by atoms with Crippen LogP contribution in [-0.4, -0.2) is 114 Å². The zero-order valence-corrected chi connectivity index (χ0v) is 26.1. The van der Waals surface area contributed by atoms with Gasteiger partial charge in [-0.3, -0.25) is 14.5 Å². The summed E-state index contributed by atoms with van der Waals surface area (Å²) in [6.07, 6.45) is 3.02. The Bertz CT molecular complexity index is 1240. The Morgan fingerprint density at radius 1 is 1.26 bits per heavy atom. The Morgan fingerprint density at radius 3 is 2.48 bits per heavy atom. The van der Waals surface area contributed by atoms with Gasteiger partial charge in [-0.1, -0.05) is 38.5 Å². The number of thioether (sulfide) groups is 3. The van der Waals surface area contributed by atoms with Gasteiger partial charge in [0.25, 0.3) is 5.91 Å². The molecule has 1 aromatic heterocycles. The summed E-state index contributed by atoms with van der Waals surface area (Å²) in [5.41, 5.74) is -4.70. The second-order valence-corrected chi connectivity index (χ2v) is 14.8. The molecule has 2 amide bonds. The monoisotopic (exact) mass is 675 g/mol. The van der Waals surface area contributed by atoms with Crippen molar-refractivity contribution in [3.8, 4) is 0 Å². The topological polar surface area (TPSA) is 179 Å². The third kappa shape index (κ3) is 8.99. The fourth-order valence-corrected chi connectivity index (χ4v) is 9.02. The van der Waals surface area contributed by atoms with E-state index in [4.69, 9.17) is 0 Å². The molecule has 1 aromatic rings. The molecule has 1 fully saturated rings. The SMILES string of the molecule is CCCCN(CCCC)S(=O)(=O)CCC(Sc1nnn[nH]1)C1=C(C(=O)O)N2C(=O)C(NC(=O)CSC(F)(F)F)[C@@H]2SC1. The summed E-state index contributed by atoms with van der Waals surface area (Å²) in [6.45, 7) is 4.68. The standard InChI is InChI=1S/C22H32F3N7O6S4/c1-3-5-8-31(9-6-4-2)42(37,38)10-7-14(41-21-27-29-30-28-21)13-11-39-19-16(18(34)32(19)17(13)20(35)36)26-15(33)12-40-22(23,24)25/h14,16,19H,3-12H2,1-2H3,(H,26,33)(H,35,36)(H,27,28,29,30)/t14?,16?,19-/m0/s1. The molecule has 2 aliphatic rings. The maximum absolute atomic E-state index is 13.3. The van der Waals surface area contributed by atoms with E-state index < -0.39 is 67.5 Å². The predicted molar refractivity (Wildman–Crippen MR) is 152 cm³/mol. The first-order chi connectivity index (χ1) is 19.8. The second kappa shape index (κ2) is 15.1. The number of rotatable bonds is 17. The van der Waals surface area contributed by atoms with E-state index in [1.807, 2.05) is 13.8 Å². The molecule has 236 valence electrons. The number of fused-ring (bicyclic) bond motifs is 1. The van der Waals surface area contributed by atoms with Gasteiger partial charge in [-0.05, 0) is 47.0 Å². The molecule has 42 heavy (non-hydrogen) atoms. The summed E-state index contributed by atoms with van der Waals surface area (Å²) in [7, 11) is -3.71. The first-order valence-electron chi connectivity index (χ1n) is 13.1. The third-order valence-electron chi connectivity index (χ3n) is 6.41. The molecular formula is C22H32F3N7O6S4. The van der Waals surface area contributed by atoms with Gasteiger partial charge in [-0.15, -0.1) is 16.9 Å². The molecule has 0 spiro atoms. The van der Waals surface area contributed by atoms with Crippen LogP contribution in [0.3, 0.4) is 0 Å². The highest BCUT2D eigenvalue weighted by atomic mass is 32.2. The molecule has 0 aromatic carbocycles. The van der Waals surface area contributed by atoms with Gasteiger partial charge in [0, 0.05) is 24.1 Å². The van der Waals surface area contributed by atoms with E-state index in [0.29, 0.717) is 25.9 Å². The van der Waals surface area contributed by atoms with Crippen molar-refractivity contribution in [2.24, 2.45) is 0 Å². The molecule has 20 heteroatoms. The van der Waals surface area contributed by atoms with Crippen molar-refractivity contribution in [2.45, 2.75) is 73.3 Å². The number of carboxylic acid groups (broad SMARTS) is 1. The zero-order chi connectivity index (χ0) is 31.1. The van der Waals surface area contributed by atoms with Crippen LogP contribution in [0.5, 0.6) is 0 Å². The van der Waals surface area contributed by atoms with Gasteiger partial charge >= 0.3 is 11.5 Å². The lowest BCUT2D eigenvalue weighted by Gasteiger charge is -2.50. The number of nitrogens with zero attached hydrogens (tertiary/aromatic N) is 5. The van der Waals surface area contributed by atoms with E-state index in [-0.39, 0.29) is 34.4 Å². The lowest BCUT2D eigenvalue weighted by Crippen LogP contribution is -2.71. The normalized spacial score (nSPS) is 20.0. The zero-order valence-electron chi connectivity index (χ0n) is 22.8. The van der Waals surface area contributed by atoms with Gasteiger partial charge < -0.3 is 10.4 Å². The van der Waals surface area contributed by atoms with Gasteiger partial charge in [-0.2, -0.15) is 13.2 Å². The Hall–Kier alpha value is -2.03. The van der Waals surface area contributed by atoms with Crippen molar-refractivity contribution < 1.29 is 41.1 Å². The van der Waals surface area contributed by atoms with Gasteiger partial charge in [0.2, 0.25) is 21.1 Å². The van der Waals surface area contributed by atoms with Gasteiger partial charge in [0.15, 0.2) is 0 Å². The minimum atomic E-state index is -4.62. The molecule has 1 saturated heterocycles. The average molecular weight is 676 g/mol. The number of carbonyl (C=O) groups excluding carboxylic acids is 2. The van der Waals surface area contributed by atoms with Crippen molar-refractivity contribution in [2.75, 3.05) is 30.3 Å². The van der Waals surface area contributed by atoms with Crippen LogP contribution >= 0.6 is 35.3 Å². The number of nitrogens with one attached hydrogen (secondary N) is 2. The van der Waals surface area contributed by atoms with Crippen molar-refractivity contribution in [1.29, 1.82) is 0 Å². The molecule has 2 aliphatic heterocycles. The molecule has 0 aliphatic carbocycles. The molecule has 3 heterocycles. The van der Waals surface area contributed by atoms with E-state index in [1.165, 1.54) is 4.31 Å². The molecule has 3 N–H and O–H groups in total. The molecule has 3 rings (SSSR count). The number of amides is 2. The van der Waals surface area contributed by atoms with E-state index in [9.17, 15) is 41.1 Å². The number of tetrazole rings is 1. The minimum Gasteiger partial charge on any atom is -0.477 e. The molecular weight excluding hydrogens is 644 g/mol. The second-order valence-electron chi connectivity index (χ2n) is 9.39. The highest BCUT2D eigenvalue weighted by Crippen LogP contribution is 2.44. The Kier molecular flexibility index (Phi) is 12.4. The Labute approximate surface area is 253 Å². The first-order valence-corrected chi connectivity index (χ1v) is 17.6. The highest BCUT2D eigenvalue weighted by molar-refractivity contribution is 8.01. The molecule has 0 saturated carbocycles. The van der Waals surface area contributed by atoms with Crippen LogP contribution in [0.2, 0.25) is 0 Å². The third-order valence-corrected chi connectivity index (χ3v) is 11.5. The number of carbonyl (C=O) groups is 3. The van der Waals surface area contributed by atoms with Crippen LogP contribution in [0.1, 0.15) is 46.0 Å². The Balaban J connectivity index is 1.83. The van der Waals surface area contributed by atoms with Crippen LogP contribution in [0.25, 0.3) is 0 Å². The number of hydrogen-bond donors (Lipinski definition) is 3. The van der Waals surface area contributed by atoms with Gasteiger partial charge in [0.1, 0.15) is 17.1 Å².